The van der Waals surface area contributed by atoms with E-state index in [2.05, 4.69) is 5.32 Å². The molecule has 27 heavy (non-hydrogen) atoms. The van der Waals surface area contributed by atoms with Crippen molar-refractivity contribution in [3.8, 4) is 5.75 Å². The fourth-order valence-corrected chi connectivity index (χ4v) is 3.72. The lowest BCUT2D eigenvalue weighted by Crippen LogP contribution is -2.54. The zero-order valence-electron chi connectivity index (χ0n) is 15.1. The summed E-state index contributed by atoms with van der Waals surface area (Å²) in [7, 11) is 0. The Bertz CT molecular complexity index is 884. The number of rotatable bonds is 2. The van der Waals surface area contributed by atoms with Crippen LogP contribution in [0.1, 0.15) is 41.1 Å². The summed E-state index contributed by atoms with van der Waals surface area (Å²) in [5, 5.41) is 2.85. The number of urea groups is 1. The van der Waals surface area contributed by atoms with E-state index >= 15 is 0 Å². The molecule has 2 amide bonds. The van der Waals surface area contributed by atoms with E-state index in [0.29, 0.717) is 49.5 Å². The minimum absolute atomic E-state index is 0.109. The number of nitrogens with zero attached hydrogens (tertiary/aromatic N) is 1. The Balaban J connectivity index is 1.36. The monoisotopic (exact) mass is 372 g/mol. The van der Waals surface area contributed by atoms with Crippen LogP contribution in [0.2, 0.25) is 0 Å². The summed E-state index contributed by atoms with van der Waals surface area (Å²) in [6.07, 6.45) is 1.33. The lowest BCUT2D eigenvalue weighted by atomic mass is 9.82. The summed E-state index contributed by atoms with van der Waals surface area (Å²) in [5.74, 6) is 1.39. The highest BCUT2D eigenvalue weighted by atomic mass is 19.1. The van der Waals surface area contributed by atoms with Crippen molar-refractivity contribution in [3.05, 3.63) is 53.2 Å². The van der Waals surface area contributed by atoms with Crippen LogP contribution in [0.4, 0.5) is 9.18 Å². The second kappa shape index (κ2) is 6.72. The third-order valence-corrected chi connectivity index (χ3v) is 5.22. The number of furan rings is 1. The van der Waals surface area contributed by atoms with Gasteiger partial charge in [-0.15, -0.1) is 0 Å². The van der Waals surface area contributed by atoms with Crippen molar-refractivity contribution in [1.29, 1.82) is 0 Å². The summed E-state index contributed by atoms with van der Waals surface area (Å²) in [4.78, 5) is 26.5. The number of fused-ring (bicyclic) bond motifs is 1. The Morgan fingerprint density at radius 1 is 1.26 bits per heavy atom. The normalized spacial score (nSPS) is 18.1. The van der Waals surface area contributed by atoms with Crippen molar-refractivity contribution in [3.63, 3.8) is 0 Å². The number of nitrogens with one attached hydrogen (secondary N) is 1. The SMILES string of the molecule is Cc1ccc(CNC(=O)N2CCC3(CC2)CC(=O)c2cc(F)ccc2O3)o1. The second-order valence-corrected chi connectivity index (χ2v) is 7.18. The van der Waals surface area contributed by atoms with Crippen LogP contribution in [0.25, 0.3) is 0 Å². The number of piperidine rings is 1. The first-order valence-electron chi connectivity index (χ1n) is 9.04. The van der Waals surface area contributed by atoms with Crippen molar-refractivity contribution >= 4 is 11.8 Å². The maximum atomic E-state index is 13.4. The molecule has 6 nitrogen and oxygen atoms in total. The predicted molar refractivity (Wildman–Crippen MR) is 95.2 cm³/mol. The van der Waals surface area contributed by atoms with E-state index in [1.165, 1.54) is 18.2 Å². The Morgan fingerprint density at radius 2 is 2.04 bits per heavy atom. The molecule has 2 aliphatic rings. The van der Waals surface area contributed by atoms with Crippen molar-refractivity contribution < 1.29 is 23.1 Å². The minimum Gasteiger partial charge on any atom is -0.486 e. The topological polar surface area (TPSA) is 71.8 Å². The number of aryl methyl sites for hydroxylation is 1. The average molecular weight is 372 g/mol. The van der Waals surface area contributed by atoms with E-state index in [1.54, 1.807) is 4.90 Å². The van der Waals surface area contributed by atoms with Crippen LogP contribution < -0.4 is 10.1 Å². The van der Waals surface area contributed by atoms with E-state index in [9.17, 15) is 14.0 Å². The quantitative estimate of drug-likeness (QED) is 0.877. The predicted octanol–water partition coefficient (Wildman–Crippen LogP) is 3.44. The molecular formula is C20H21FN2O4. The molecule has 0 unspecified atom stereocenters. The third kappa shape index (κ3) is 3.54. The molecule has 2 aromatic rings. The molecule has 2 aliphatic heterocycles. The van der Waals surface area contributed by atoms with Gasteiger partial charge in [0.15, 0.2) is 5.78 Å². The van der Waals surface area contributed by atoms with Crippen LogP contribution in [-0.4, -0.2) is 35.4 Å². The molecule has 4 rings (SSSR count). The molecule has 0 saturated carbocycles. The van der Waals surface area contributed by atoms with Crippen molar-refractivity contribution in [2.24, 2.45) is 0 Å². The lowest BCUT2D eigenvalue weighted by Gasteiger charge is -2.43. The number of amides is 2. The summed E-state index contributed by atoms with van der Waals surface area (Å²) in [6, 6.07) is 7.56. The zero-order chi connectivity index (χ0) is 19.0. The Kier molecular flexibility index (Phi) is 4.37. The zero-order valence-corrected chi connectivity index (χ0v) is 15.1. The van der Waals surface area contributed by atoms with Crippen LogP contribution in [0.5, 0.6) is 5.75 Å². The first-order chi connectivity index (χ1) is 12.9. The molecule has 0 bridgehead atoms. The molecule has 1 fully saturated rings. The summed E-state index contributed by atoms with van der Waals surface area (Å²) >= 11 is 0. The fraction of sp³-hybridized carbons (Fsp3) is 0.400. The highest BCUT2D eigenvalue weighted by Crippen LogP contribution is 2.39. The van der Waals surface area contributed by atoms with E-state index in [0.717, 1.165) is 5.76 Å². The lowest BCUT2D eigenvalue weighted by molar-refractivity contribution is -0.000843. The van der Waals surface area contributed by atoms with Crippen LogP contribution in [0, 0.1) is 12.7 Å². The Morgan fingerprint density at radius 3 is 2.74 bits per heavy atom. The molecule has 1 spiro atoms. The number of hydrogen-bond acceptors (Lipinski definition) is 4. The molecule has 7 heteroatoms. The largest absolute Gasteiger partial charge is 0.486 e. The maximum Gasteiger partial charge on any atom is 0.317 e. The summed E-state index contributed by atoms with van der Waals surface area (Å²) in [5.41, 5.74) is -0.314. The minimum atomic E-state index is -0.614. The number of ether oxygens (including phenoxy) is 1. The van der Waals surface area contributed by atoms with Gasteiger partial charge in [-0.1, -0.05) is 0 Å². The van der Waals surface area contributed by atoms with Crippen LogP contribution >= 0.6 is 0 Å². The number of likely N-dealkylation sites (tertiary alicyclic amines) is 1. The van der Waals surface area contributed by atoms with Gasteiger partial charge in [-0.2, -0.15) is 0 Å². The van der Waals surface area contributed by atoms with E-state index < -0.39 is 11.4 Å². The van der Waals surface area contributed by atoms with Crippen molar-refractivity contribution in [1.82, 2.24) is 10.2 Å². The molecular weight excluding hydrogens is 351 g/mol. The van der Waals surface area contributed by atoms with Gasteiger partial charge in [0.2, 0.25) is 0 Å². The van der Waals surface area contributed by atoms with Gasteiger partial charge in [-0.25, -0.2) is 9.18 Å². The van der Waals surface area contributed by atoms with E-state index in [4.69, 9.17) is 9.15 Å². The number of halogens is 1. The number of hydrogen-bond donors (Lipinski definition) is 1. The van der Waals surface area contributed by atoms with E-state index in [-0.39, 0.29) is 18.2 Å². The smallest absolute Gasteiger partial charge is 0.317 e. The average Bonchev–Trinajstić information content (AvgIpc) is 3.06. The number of carbonyl (C=O) groups excluding carboxylic acids is 2. The van der Waals surface area contributed by atoms with Crippen LogP contribution in [0.3, 0.4) is 0 Å². The van der Waals surface area contributed by atoms with Crippen molar-refractivity contribution in [2.75, 3.05) is 13.1 Å². The molecule has 0 radical (unpaired) electrons. The molecule has 1 saturated heterocycles. The number of carbonyl (C=O) groups is 2. The van der Waals surface area contributed by atoms with Gasteiger partial charge in [0.1, 0.15) is 28.7 Å². The number of Topliss-reactive ketones (excluding diaryl/α,β-unsaturated/α-hetero) is 1. The van der Waals surface area contributed by atoms with Gasteiger partial charge < -0.3 is 19.4 Å². The fourth-order valence-electron chi connectivity index (χ4n) is 3.72. The third-order valence-electron chi connectivity index (χ3n) is 5.22. The van der Waals surface area contributed by atoms with Gasteiger partial charge in [0.05, 0.1) is 18.5 Å². The molecule has 1 aromatic carbocycles. The Hall–Kier alpha value is -2.83. The van der Waals surface area contributed by atoms with Crippen LogP contribution in [0.15, 0.2) is 34.7 Å². The molecule has 0 aliphatic carbocycles. The van der Waals surface area contributed by atoms with Crippen LogP contribution in [-0.2, 0) is 6.54 Å². The van der Waals surface area contributed by atoms with Gasteiger partial charge in [0, 0.05) is 25.9 Å². The van der Waals surface area contributed by atoms with Gasteiger partial charge in [-0.05, 0) is 37.3 Å². The van der Waals surface area contributed by atoms with Crippen molar-refractivity contribution in [2.45, 2.75) is 38.3 Å². The summed E-state index contributed by atoms with van der Waals surface area (Å²) < 4.78 is 24.9. The Labute approximate surface area is 156 Å². The molecule has 1 N–H and O–H groups in total. The van der Waals surface area contributed by atoms with Gasteiger partial charge >= 0.3 is 6.03 Å². The highest BCUT2D eigenvalue weighted by molar-refractivity contribution is 6.00. The molecule has 0 atom stereocenters. The first kappa shape index (κ1) is 17.6. The summed E-state index contributed by atoms with van der Waals surface area (Å²) in [6.45, 7) is 3.18. The van der Waals surface area contributed by atoms with Gasteiger partial charge in [0.25, 0.3) is 0 Å². The molecule has 142 valence electrons. The first-order valence-corrected chi connectivity index (χ1v) is 9.04. The second-order valence-electron chi connectivity index (χ2n) is 7.18. The molecule has 1 aromatic heterocycles. The number of ketones is 1. The highest BCUT2D eigenvalue weighted by Gasteiger charge is 2.43. The van der Waals surface area contributed by atoms with E-state index in [1.807, 2.05) is 19.1 Å². The standard InChI is InChI=1S/C20H21FN2O4/c1-13-2-4-15(26-13)12-22-19(25)23-8-6-20(7-9-23)11-17(24)16-10-14(21)3-5-18(16)27-20/h2-5,10H,6-9,11-12H2,1H3,(H,22,25). The van der Waals surface area contributed by atoms with Gasteiger partial charge in [-0.3, -0.25) is 4.79 Å². The maximum absolute atomic E-state index is 13.4. The number of benzene rings is 1. The molecule has 3 heterocycles.